The van der Waals surface area contributed by atoms with Crippen molar-refractivity contribution in [1.82, 2.24) is 5.32 Å². The Hall–Kier alpha value is -2.13. The first-order valence-corrected chi connectivity index (χ1v) is 10.1. The van der Waals surface area contributed by atoms with Crippen LogP contribution in [0.15, 0.2) is 16.8 Å². The van der Waals surface area contributed by atoms with Gasteiger partial charge in [-0.15, -0.1) is 0 Å². The number of amidine groups is 1. The maximum absolute atomic E-state index is 12.0. The summed E-state index contributed by atoms with van der Waals surface area (Å²) in [5.74, 6) is -0.979. The number of alkyl carbamates (subject to hydrolysis) is 1. The first-order chi connectivity index (χ1) is 13.9. The van der Waals surface area contributed by atoms with Crippen molar-refractivity contribution in [1.29, 1.82) is 0 Å². The molecular formula is C21H36N2O7. The van der Waals surface area contributed by atoms with Crippen molar-refractivity contribution in [2.24, 2.45) is 22.7 Å². The number of carboxylic acid groups (broad SMARTS) is 1. The van der Waals surface area contributed by atoms with Gasteiger partial charge in [-0.1, -0.05) is 20.8 Å². The Morgan fingerprint density at radius 2 is 1.97 bits per heavy atom. The molecule has 172 valence electrons. The second-order valence-corrected chi connectivity index (χ2v) is 8.72. The summed E-state index contributed by atoms with van der Waals surface area (Å²) in [6.07, 6.45) is 0.479. The number of hydrogen-bond donors (Lipinski definition) is 2. The molecular weight excluding hydrogens is 392 g/mol. The average molecular weight is 429 g/mol. The van der Waals surface area contributed by atoms with Gasteiger partial charge in [0.25, 0.3) is 0 Å². The second-order valence-electron chi connectivity index (χ2n) is 8.72. The predicted molar refractivity (Wildman–Crippen MR) is 112 cm³/mol. The van der Waals surface area contributed by atoms with E-state index in [2.05, 4.69) is 10.3 Å². The van der Waals surface area contributed by atoms with Crippen molar-refractivity contribution in [3.8, 4) is 0 Å². The lowest BCUT2D eigenvalue weighted by molar-refractivity contribution is -0.141. The lowest BCUT2D eigenvalue weighted by atomic mass is 9.80. The number of carbonyl (C=O) groups is 2. The van der Waals surface area contributed by atoms with Gasteiger partial charge in [-0.05, 0) is 45.6 Å². The van der Waals surface area contributed by atoms with E-state index in [1.807, 2.05) is 20.8 Å². The molecule has 0 fully saturated rings. The van der Waals surface area contributed by atoms with Crippen LogP contribution < -0.4 is 5.32 Å². The number of amides is 1. The van der Waals surface area contributed by atoms with Crippen LogP contribution in [0.4, 0.5) is 4.79 Å². The van der Waals surface area contributed by atoms with Crippen molar-refractivity contribution in [2.45, 2.75) is 66.2 Å². The van der Waals surface area contributed by atoms with E-state index in [9.17, 15) is 14.7 Å². The van der Waals surface area contributed by atoms with E-state index in [1.165, 1.54) is 6.08 Å². The third kappa shape index (κ3) is 8.31. The van der Waals surface area contributed by atoms with Gasteiger partial charge in [0.15, 0.2) is 0 Å². The van der Waals surface area contributed by atoms with Gasteiger partial charge in [0.05, 0.1) is 12.6 Å². The van der Waals surface area contributed by atoms with E-state index in [0.717, 1.165) is 0 Å². The number of nitrogens with one attached hydrogen (secondary N) is 1. The highest BCUT2D eigenvalue weighted by Gasteiger charge is 2.39. The van der Waals surface area contributed by atoms with Crippen molar-refractivity contribution in [2.75, 3.05) is 20.5 Å². The Morgan fingerprint density at radius 1 is 1.33 bits per heavy atom. The molecule has 0 saturated carbocycles. The lowest BCUT2D eigenvalue weighted by Crippen LogP contribution is -2.43. The highest BCUT2D eigenvalue weighted by molar-refractivity contribution is 5.94. The fourth-order valence-corrected chi connectivity index (χ4v) is 3.16. The summed E-state index contributed by atoms with van der Waals surface area (Å²) in [7, 11) is 1.56. The van der Waals surface area contributed by atoms with Crippen molar-refractivity contribution in [3.05, 3.63) is 11.8 Å². The lowest BCUT2D eigenvalue weighted by Gasteiger charge is -2.38. The summed E-state index contributed by atoms with van der Waals surface area (Å²) in [5, 5.41) is 12.1. The van der Waals surface area contributed by atoms with Crippen LogP contribution in [0.25, 0.3) is 0 Å². The molecule has 0 aliphatic carbocycles. The van der Waals surface area contributed by atoms with Crippen molar-refractivity contribution in [3.63, 3.8) is 0 Å². The molecule has 0 bridgehead atoms. The Bertz CT molecular complexity index is 654. The van der Waals surface area contributed by atoms with Crippen LogP contribution in [0.3, 0.4) is 0 Å². The number of methoxy groups -OCH3 is 1. The van der Waals surface area contributed by atoms with E-state index in [1.54, 1.807) is 34.8 Å². The molecule has 30 heavy (non-hydrogen) atoms. The second kappa shape index (κ2) is 11.3. The molecule has 2 N–H and O–H groups in total. The minimum absolute atomic E-state index is 0.00303. The first-order valence-electron chi connectivity index (χ1n) is 10.1. The highest BCUT2D eigenvalue weighted by Crippen LogP contribution is 2.33. The standard InChI is InChI=1S/C21H36N2O7/c1-12(10-28-11-27-8)13(2)18-14(3)16(9-17(29-18)19(24)25)22-15(4)23-20(26)30-21(5,6)7/h9,12-14,16,18H,10-11H2,1-8H3,(H,24,25)(H,22,23,26)/t12-,13-,14-,16+,18+/m1/s1. The Morgan fingerprint density at radius 3 is 2.50 bits per heavy atom. The Kier molecular flexibility index (Phi) is 9.77. The number of ether oxygens (including phenoxy) is 4. The topological polar surface area (TPSA) is 116 Å². The minimum Gasteiger partial charge on any atom is -0.483 e. The summed E-state index contributed by atoms with van der Waals surface area (Å²) < 4.78 is 21.4. The molecule has 9 nitrogen and oxygen atoms in total. The van der Waals surface area contributed by atoms with Gasteiger partial charge in [-0.3, -0.25) is 10.3 Å². The molecule has 0 unspecified atom stereocenters. The summed E-state index contributed by atoms with van der Waals surface area (Å²) in [4.78, 5) is 28.1. The van der Waals surface area contributed by atoms with Gasteiger partial charge >= 0.3 is 12.1 Å². The Labute approximate surface area is 178 Å². The molecule has 0 radical (unpaired) electrons. The van der Waals surface area contributed by atoms with E-state index >= 15 is 0 Å². The molecule has 1 amide bonds. The third-order valence-corrected chi connectivity index (χ3v) is 4.88. The molecule has 0 aromatic rings. The normalized spacial score (nSPS) is 24.3. The number of carbonyl (C=O) groups excluding carboxylic acids is 1. The third-order valence-electron chi connectivity index (χ3n) is 4.88. The van der Waals surface area contributed by atoms with E-state index < -0.39 is 23.7 Å². The number of aliphatic imine (C=N–C) groups is 1. The van der Waals surface area contributed by atoms with Crippen LogP contribution in [0, 0.1) is 17.8 Å². The number of nitrogens with zero attached hydrogens (tertiary/aromatic N) is 1. The van der Waals surface area contributed by atoms with Crippen LogP contribution in [0.2, 0.25) is 0 Å². The predicted octanol–water partition coefficient (Wildman–Crippen LogP) is 3.19. The van der Waals surface area contributed by atoms with Gasteiger partial charge in [0, 0.05) is 13.0 Å². The molecule has 0 saturated heterocycles. The minimum atomic E-state index is -1.15. The summed E-state index contributed by atoms with van der Waals surface area (Å²) >= 11 is 0. The summed E-state index contributed by atoms with van der Waals surface area (Å²) in [6, 6.07) is -0.473. The average Bonchev–Trinajstić information content (AvgIpc) is 2.60. The van der Waals surface area contributed by atoms with Crippen LogP contribution in [0.5, 0.6) is 0 Å². The van der Waals surface area contributed by atoms with Gasteiger partial charge in [0.1, 0.15) is 24.3 Å². The van der Waals surface area contributed by atoms with Gasteiger partial charge in [0.2, 0.25) is 5.76 Å². The van der Waals surface area contributed by atoms with Crippen LogP contribution >= 0.6 is 0 Å². The van der Waals surface area contributed by atoms with E-state index in [4.69, 9.17) is 18.9 Å². The quantitative estimate of drug-likeness (QED) is 0.264. The molecule has 1 heterocycles. The fourth-order valence-electron chi connectivity index (χ4n) is 3.16. The number of hydrogen-bond acceptors (Lipinski definition) is 7. The zero-order valence-electron chi connectivity index (χ0n) is 19.2. The molecule has 9 heteroatoms. The van der Waals surface area contributed by atoms with E-state index in [0.29, 0.717) is 12.4 Å². The number of carboxylic acids is 1. The molecule has 0 spiro atoms. The summed E-state index contributed by atoms with van der Waals surface area (Å²) in [6.45, 7) is 13.6. The molecule has 0 aromatic heterocycles. The van der Waals surface area contributed by atoms with E-state index in [-0.39, 0.29) is 36.4 Å². The monoisotopic (exact) mass is 428 g/mol. The number of rotatable bonds is 8. The molecule has 1 aliphatic rings. The first kappa shape index (κ1) is 25.9. The fraction of sp³-hybridized carbons (Fsp3) is 0.762. The zero-order valence-corrected chi connectivity index (χ0v) is 19.2. The van der Waals surface area contributed by atoms with Crippen LogP contribution in [0.1, 0.15) is 48.5 Å². The highest BCUT2D eigenvalue weighted by atomic mass is 16.7. The molecule has 1 rings (SSSR count). The maximum atomic E-state index is 12.0. The van der Waals surface area contributed by atoms with Gasteiger partial charge in [-0.25, -0.2) is 9.59 Å². The molecule has 5 atom stereocenters. The largest absolute Gasteiger partial charge is 0.483 e. The van der Waals surface area contributed by atoms with Crippen LogP contribution in [-0.2, 0) is 23.7 Å². The SMILES string of the molecule is COCOC[C@@H](C)[C@@H](C)[C@@H]1OC(C(=O)O)=C[C@H](N=C(C)NC(=O)OC(C)(C)C)[C@H]1C. The summed E-state index contributed by atoms with van der Waals surface area (Å²) in [5.41, 5.74) is -0.631. The van der Waals surface area contributed by atoms with Gasteiger partial charge < -0.3 is 24.1 Å². The number of aliphatic carboxylic acids is 1. The smallest absolute Gasteiger partial charge is 0.413 e. The molecule has 0 aromatic carbocycles. The Balaban J connectivity index is 2.97. The van der Waals surface area contributed by atoms with Crippen molar-refractivity contribution >= 4 is 17.9 Å². The maximum Gasteiger partial charge on any atom is 0.413 e. The van der Waals surface area contributed by atoms with Gasteiger partial charge in [-0.2, -0.15) is 0 Å². The molecule has 1 aliphatic heterocycles. The van der Waals surface area contributed by atoms with Crippen LogP contribution in [-0.4, -0.2) is 61.3 Å². The zero-order chi connectivity index (χ0) is 23.1. The van der Waals surface area contributed by atoms with Crippen molar-refractivity contribution < 1.29 is 33.6 Å².